The highest BCUT2D eigenvalue weighted by atomic mass is 16.1. The van der Waals surface area contributed by atoms with E-state index in [0.717, 1.165) is 11.3 Å². The van der Waals surface area contributed by atoms with E-state index in [1.165, 1.54) is 0 Å². The smallest absolute Gasteiger partial charge is 0.189 e. The molecule has 0 aliphatic rings. The molecule has 2 heterocycles. The zero-order valence-corrected chi connectivity index (χ0v) is 10.1. The monoisotopic (exact) mass is 230 g/mol. The third-order valence-electron chi connectivity index (χ3n) is 2.43. The number of nitrogens with zero attached hydrogens (tertiary/aromatic N) is 4. The molecule has 0 bridgehead atoms. The summed E-state index contributed by atoms with van der Waals surface area (Å²) in [7, 11) is 3.64. The van der Waals surface area contributed by atoms with Crippen molar-refractivity contribution in [1.29, 1.82) is 0 Å². The number of hydrogen-bond donors (Lipinski definition) is 0. The molecule has 5 nitrogen and oxygen atoms in total. The molecule has 0 spiro atoms. The number of carbonyl (C=O) groups excluding carboxylic acids is 1. The highest BCUT2D eigenvalue weighted by molar-refractivity contribution is 6.07. The third-order valence-corrected chi connectivity index (χ3v) is 2.43. The van der Waals surface area contributed by atoms with Crippen LogP contribution in [0.4, 0.5) is 0 Å². The Bertz CT molecular complexity index is 577. The minimum atomic E-state index is -0.0422. The van der Waals surface area contributed by atoms with Gasteiger partial charge in [0.05, 0.1) is 17.5 Å². The van der Waals surface area contributed by atoms with Crippen LogP contribution in [0, 0.1) is 6.92 Å². The molecule has 17 heavy (non-hydrogen) atoms. The second kappa shape index (κ2) is 4.37. The largest absolute Gasteiger partial charge is 0.289 e. The lowest BCUT2D eigenvalue weighted by atomic mass is 10.1. The zero-order chi connectivity index (χ0) is 12.4. The summed E-state index contributed by atoms with van der Waals surface area (Å²) in [5, 5.41) is 8.16. The minimum Gasteiger partial charge on any atom is -0.289 e. The van der Waals surface area contributed by atoms with Gasteiger partial charge in [-0.2, -0.15) is 10.2 Å². The van der Waals surface area contributed by atoms with Gasteiger partial charge in [0.2, 0.25) is 0 Å². The Morgan fingerprint density at radius 3 is 2.59 bits per heavy atom. The van der Waals surface area contributed by atoms with Crippen molar-refractivity contribution < 1.29 is 4.79 Å². The summed E-state index contributed by atoms with van der Waals surface area (Å²) >= 11 is 0. The zero-order valence-electron chi connectivity index (χ0n) is 10.1. The summed E-state index contributed by atoms with van der Waals surface area (Å²) in [5.74, 6) is -0.0422. The topological polar surface area (TPSA) is 52.7 Å². The Labute approximate surface area is 99.4 Å². The second-order valence-electron chi connectivity index (χ2n) is 3.95. The quantitative estimate of drug-likeness (QED) is 0.591. The van der Waals surface area contributed by atoms with Crippen LogP contribution in [0.5, 0.6) is 0 Å². The number of aryl methyl sites for hydroxylation is 3. The van der Waals surface area contributed by atoms with Gasteiger partial charge < -0.3 is 0 Å². The van der Waals surface area contributed by atoms with Crippen molar-refractivity contribution in [3.05, 3.63) is 41.5 Å². The maximum atomic E-state index is 11.9. The average molecular weight is 230 g/mol. The fourth-order valence-corrected chi connectivity index (χ4v) is 1.63. The Hall–Kier alpha value is -2.17. The summed E-state index contributed by atoms with van der Waals surface area (Å²) in [5.41, 5.74) is 2.28. The van der Waals surface area contributed by atoms with E-state index in [0.29, 0.717) is 5.56 Å². The van der Waals surface area contributed by atoms with Crippen LogP contribution < -0.4 is 0 Å². The number of carbonyl (C=O) groups is 1. The molecule has 0 radical (unpaired) electrons. The van der Waals surface area contributed by atoms with E-state index in [1.807, 2.05) is 20.2 Å². The summed E-state index contributed by atoms with van der Waals surface area (Å²) in [4.78, 5) is 11.9. The molecule has 0 amide bonds. The number of allylic oxidation sites excluding steroid dienone is 1. The Kier molecular flexibility index (Phi) is 2.91. The maximum absolute atomic E-state index is 11.9. The van der Waals surface area contributed by atoms with E-state index >= 15 is 0 Å². The van der Waals surface area contributed by atoms with Crippen LogP contribution in [0.2, 0.25) is 0 Å². The van der Waals surface area contributed by atoms with Crippen LogP contribution in [0.1, 0.15) is 21.6 Å². The number of ketones is 1. The van der Waals surface area contributed by atoms with Crippen molar-refractivity contribution >= 4 is 11.9 Å². The average Bonchev–Trinajstić information content (AvgIpc) is 2.81. The maximum Gasteiger partial charge on any atom is 0.189 e. The van der Waals surface area contributed by atoms with E-state index in [-0.39, 0.29) is 5.78 Å². The summed E-state index contributed by atoms with van der Waals surface area (Å²) in [6.45, 7) is 1.82. The number of rotatable bonds is 3. The van der Waals surface area contributed by atoms with Gasteiger partial charge in [-0.3, -0.25) is 14.2 Å². The molecule has 0 N–H and O–H groups in total. The van der Waals surface area contributed by atoms with Gasteiger partial charge in [0, 0.05) is 32.1 Å². The summed E-state index contributed by atoms with van der Waals surface area (Å²) < 4.78 is 3.33. The van der Waals surface area contributed by atoms with Crippen LogP contribution in [0.3, 0.4) is 0 Å². The van der Waals surface area contributed by atoms with Gasteiger partial charge in [-0.1, -0.05) is 0 Å². The van der Waals surface area contributed by atoms with E-state index in [2.05, 4.69) is 10.2 Å². The molecule has 0 fully saturated rings. The molecular weight excluding hydrogens is 216 g/mol. The second-order valence-corrected chi connectivity index (χ2v) is 3.95. The normalized spacial score (nSPS) is 11.2. The first-order valence-electron chi connectivity index (χ1n) is 5.27. The van der Waals surface area contributed by atoms with Crippen molar-refractivity contribution in [2.24, 2.45) is 14.1 Å². The Morgan fingerprint density at radius 2 is 2.06 bits per heavy atom. The van der Waals surface area contributed by atoms with Gasteiger partial charge in [-0.25, -0.2) is 0 Å². The van der Waals surface area contributed by atoms with Gasteiger partial charge in [-0.15, -0.1) is 0 Å². The van der Waals surface area contributed by atoms with Crippen LogP contribution in [-0.2, 0) is 14.1 Å². The molecule has 2 aromatic rings. The Morgan fingerprint density at radius 1 is 1.29 bits per heavy atom. The van der Waals surface area contributed by atoms with Gasteiger partial charge in [0.1, 0.15) is 0 Å². The predicted molar refractivity (Wildman–Crippen MR) is 64.5 cm³/mol. The van der Waals surface area contributed by atoms with Crippen LogP contribution >= 0.6 is 0 Å². The molecule has 0 aliphatic carbocycles. The van der Waals surface area contributed by atoms with Crippen LogP contribution in [0.25, 0.3) is 6.08 Å². The summed E-state index contributed by atoms with van der Waals surface area (Å²) in [6.07, 6.45) is 8.58. The molecule has 0 aliphatic heterocycles. The molecule has 5 heteroatoms. The molecule has 0 aromatic carbocycles. The van der Waals surface area contributed by atoms with Gasteiger partial charge in [-0.05, 0) is 19.1 Å². The highest BCUT2D eigenvalue weighted by Gasteiger charge is 2.09. The van der Waals surface area contributed by atoms with Crippen molar-refractivity contribution in [3.63, 3.8) is 0 Å². The molecule has 0 saturated heterocycles. The van der Waals surface area contributed by atoms with E-state index < -0.39 is 0 Å². The fraction of sp³-hybridized carbons (Fsp3) is 0.250. The summed E-state index contributed by atoms with van der Waals surface area (Å²) in [6, 6.07) is 0. The van der Waals surface area contributed by atoms with E-state index in [1.54, 1.807) is 41.0 Å². The first-order chi connectivity index (χ1) is 8.06. The highest BCUT2D eigenvalue weighted by Crippen LogP contribution is 2.08. The molecule has 0 atom stereocenters. The number of aromatic nitrogens is 4. The molecule has 2 rings (SSSR count). The van der Waals surface area contributed by atoms with Gasteiger partial charge >= 0.3 is 0 Å². The first kappa shape index (κ1) is 11.3. The predicted octanol–water partition coefficient (Wildman–Crippen LogP) is 1.36. The molecular formula is C12H14N4O. The first-order valence-corrected chi connectivity index (χ1v) is 5.27. The fourth-order valence-electron chi connectivity index (χ4n) is 1.63. The molecule has 0 unspecified atom stereocenters. The molecule has 2 aromatic heterocycles. The molecule has 0 saturated carbocycles. The Balaban J connectivity index is 2.17. The lowest BCUT2D eigenvalue weighted by Crippen LogP contribution is -1.94. The standard InChI is InChI=1S/C12H14N4O/c1-9-11(8-16(3)14-9)12(17)5-4-10-6-13-15(2)7-10/h4-8H,1-3H3. The van der Waals surface area contributed by atoms with Gasteiger partial charge in [0.25, 0.3) is 0 Å². The van der Waals surface area contributed by atoms with Crippen molar-refractivity contribution in [2.45, 2.75) is 6.92 Å². The third kappa shape index (κ3) is 2.50. The lowest BCUT2D eigenvalue weighted by molar-refractivity contribution is 0.104. The van der Waals surface area contributed by atoms with Gasteiger partial charge in [0.15, 0.2) is 5.78 Å². The van der Waals surface area contributed by atoms with Crippen molar-refractivity contribution in [1.82, 2.24) is 19.6 Å². The van der Waals surface area contributed by atoms with Crippen LogP contribution in [0.15, 0.2) is 24.7 Å². The van der Waals surface area contributed by atoms with E-state index in [4.69, 9.17) is 0 Å². The number of hydrogen-bond acceptors (Lipinski definition) is 3. The molecule has 88 valence electrons. The van der Waals surface area contributed by atoms with E-state index in [9.17, 15) is 4.79 Å². The van der Waals surface area contributed by atoms with Crippen LogP contribution in [-0.4, -0.2) is 25.3 Å². The minimum absolute atomic E-state index is 0.0422. The van der Waals surface area contributed by atoms with Crippen molar-refractivity contribution in [3.8, 4) is 0 Å². The van der Waals surface area contributed by atoms with Crippen molar-refractivity contribution in [2.75, 3.05) is 0 Å². The lowest BCUT2D eigenvalue weighted by Gasteiger charge is -1.90. The SMILES string of the molecule is Cc1nn(C)cc1C(=O)C=Cc1cnn(C)c1.